The molecule has 3 aromatic rings. The summed E-state index contributed by atoms with van der Waals surface area (Å²) in [5.74, 6) is -0.483. The van der Waals surface area contributed by atoms with Gasteiger partial charge in [0.2, 0.25) is 10.0 Å². The average Bonchev–Trinajstić information content (AvgIpc) is 2.79. The number of esters is 1. The van der Waals surface area contributed by atoms with Crippen molar-refractivity contribution in [2.24, 2.45) is 0 Å². The Kier molecular flexibility index (Phi) is 7.94. The predicted molar refractivity (Wildman–Crippen MR) is 118 cm³/mol. The first-order chi connectivity index (χ1) is 15.0. The Hall–Kier alpha value is -3.00. The Bertz CT molecular complexity index is 1100. The zero-order valence-electron chi connectivity index (χ0n) is 17.3. The van der Waals surface area contributed by atoms with Gasteiger partial charge in [-0.2, -0.15) is 0 Å². The molecule has 0 atom stereocenters. The second-order valence-electron chi connectivity index (χ2n) is 6.82. The van der Waals surface area contributed by atoms with E-state index in [1.165, 1.54) is 24.3 Å². The third-order valence-corrected chi connectivity index (χ3v) is 6.03. The van der Waals surface area contributed by atoms with Gasteiger partial charge >= 0.3 is 5.97 Å². The minimum Gasteiger partial charge on any atom is -0.462 e. The van der Waals surface area contributed by atoms with Gasteiger partial charge in [-0.1, -0.05) is 54.6 Å². The number of ether oxygens (including phenoxy) is 2. The lowest BCUT2D eigenvalue weighted by Gasteiger charge is -2.12. The van der Waals surface area contributed by atoms with E-state index in [0.717, 1.165) is 16.7 Å². The van der Waals surface area contributed by atoms with Crippen molar-refractivity contribution in [1.82, 2.24) is 4.72 Å². The average molecular weight is 440 g/mol. The van der Waals surface area contributed by atoms with Gasteiger partial charge in [-0.25, -0.2) is 17.9 Å². The van der Waals surface area contributed by atoms with Crippen molar-refractivity contribution in [3.05, 3.63) is 101 Å². The molecule has 7 heteroatoms. The van der Waals surface area contributed by atoms with Crippen LogP contribution in [0.3, 0.4) is 0 Å². The fraction of sp³-hybridized carbons (Fsp3) is 0.208. The second kappa shape index (κ2) is 10.9. The molecule has 162 valence electrons. The van der Waals surface area contributed by atoms with Crippen molar-refractivity contribution in [2.75, 3.05) is 6.61 Å². The Morgan fingerprint density at radius 3 is 2.16 bits per heavy atom. The molecule has 0 saturated carbocycles. The number of carbonyl (C=O) groups excluding carboxylic acids is 1. The molecule has 3 aromatic carbocycles. The SMILES string of the molecule is CCOC(=O)c1ccc(S(=O)(=O)NCc2ccccc2COCc2ccccc2)cc1. The number of carbonyl (C=O) groups is 1. The van der Waals surface area contributed by atoms with Gasteiger partial charge in [0.1, 0.15) is 0 Å². The molecule has 0 amide bonds. The molecule has 0 aliphatic heterocycles. The molecule has 1 N–H and O–H groups in total. The van der Waals surface area contributed by atoms with E-state index in [9.17, 15) is 13.2 Å². The van der Waals surface area contributed by atoms with Crippen LogP contribution in [0.5, 0.6) is 0 Å². The summed E-state index contributed by atoms with van der Waals surface area (Å²) in [6, 6.07) is 23.1. The van der Waals surface area contributed by atoms with E-state index in [2.05, 4.69) is 4.72 Å². The Balaban J connectivity index is 1.61. The van der Waals surface area contributed by atoms with Crippen LogP contribution in [0.2, 0.25) is 0 Å². The molecule has 0 aliphatic rings. The Morgan fingerprint density at radius 1 is 0.839 bits per heavy atom. The predicted octanol–water partition coefficient (Wildman–Crippen LogP) is 4.06. The van der Waals surface area contributed by atoms with Gasteiger partial charge in [0.15, 0.2) is 0 Å². The molecule has 0 aliphatic carbocycles. The summed E-state index contributed by atoms with van der Waals surface area (Å²) in [7, 11) is -3.74. The van der Waals surface area contributed by atoms with Crippen molar-refractivity contribution < 1.29 is 22.7 Å². The minimum absolute atomic E-state index is 0.0818. The molecule has 0 saturated heterocycles. The summed E-state index contributed by atoms with van der Waals surface area (Å²) in [5, 5.41) is 0. The number of hydrogen-bond donors (Lipinski definition) is 1. The van der Waals surface area contributed by atoms with Crippen LogP contribution in [-0.2, 0) is 39.3 Å². The lowest BCUT2D eigenvalue weighted by atomic mass is 10.1. The maximum Gasteiger partial charge on any atom is 0.338 e. The van der Waals surface area contributed by atoms with Crippen molar-refractivity contribution in [1.29, 1.82) is 0 Å². The standard InChI is InChI=1S/C24H25NO5S/c1-2-30-24(26)20-12-14-23(15-13-20)31(27,28)25-16-21-10-6-7-11-22(21)18-29-17-19-8-4-3-5-9-19/h3-15,25H,2,16-18H2,1H3. The van der Waals surface area contributed by atoms with Gasteiger partial charge in [0, 0.05) is 6.54 Å². The lowest BCUT2D eigenvalue weighted by molar-refractivity contribution is 0.0526. The first-order valence-electron chi connectivity index (χ1n) is 9.95. The van der Waals surface area contributed by atoms with Gasteiger partial charge < -0.3 is 9.47 Å². The molecular weight excluding hydrogens is 414 g/mol. The number of rotatable bonds is 10. The van der Waals surface area contributed by atoms with E-state index in [1.54, 1.807) is 6.92 Å². The van der Waals surface area contributed by atoms with Gasteiger partial charge in [-0.05, 0) is 47.9 Å². The van der Waals surface area contributed by atoms with Crippen LogP contribution in [0.1, 0.15) is 34.0 Å². The highest BCUT2D eigenvalue weighted by atomic mass is 32.2. The van der Waals surface area contributed by atoms with Crippen LogP contribution in [0.25, 0.3) is 0 Å². The van der Waals surface area contributed by atoms with Crippen molar-refractivity contribution >= 4 is 16.0 Å². The molecule has 0 unspecified atom stereocenters. The largest absolute Gasteiger partial charge is 0.462 e. The number of benzene rings is 3. The summed E-state index contributed by atoms with van der Waals surface area (Å²) >= 11 is 0. The second-order valence-corrected chi connectivity index (χ2v) is 8.58. The third-order valence-electron chi connectivity index (χ3n) is 4.62. The molecule has 6 nitrogen and oxygen atoms in total. The number of sulfonamides is 1. The molecule has 0 fully saturated rings. The normalized spacial score (nSPS) is 11.3. The first kappa shape index (κ1) is 22.7. The molecular formula is C24H25NO5S. The van der Waals surface area contributed by atoms with Crippen LogP contribution < -0.4 is 4.72 Å². The van der Waals surface area contributed by atoms with Crippen molar-refractivity contribution in [2.45, 2.75) is 31.6 Å². The molecule has 0 heterocycles. The fourth-order valence-electron chi connectivity index (χ4n) is 2.96. The molecule has 3 rings (SSSR count). The summed E-state index contributed by atoms with van der Waals surface area (Å²) in [4.78, 5) is 11.8. The maximum atomic E-state index is 12.7. The molecule has 0 bridgehead atoms. The van der Waals surface area contributed by atoms with E-state index in [-0.39, 0.29) is 18.0 Å². The van der Waals surface area contributed by atoms with Gasteiger partial charge in [0.25, 0.3) is 0 Å². The fourth-order valence-corrected chi connectivity index (χ4v) is 3.97. The smallest absolute Gasteiger partial charge is 0.338 e. The van der Waals surface area contributed by atoms with Crippen LogP contribution in [-0.4, -0.2) is 21.0 Å². The summed E-state index contributed by atoms with van der Waals surface area (Å²) in [5.41, 5.74) is 3.13. The Morgan fingerprint density at radius 2 is 1.48 bits per heavy atom. The van der Waals surface area contributed by atoms with E-state index in [0.29, 0.717) is 18.8 Å². The maximum absolute atomic E-state index is 12.7. The highest BCUT2D eigenvalue weighted by Gasteiger charge is 2.16. The van der Waals surface area contributed by atoms with Gasteiger partial charge in [-0.3, -0.25) is 0 Å². The molecule has 0 aromatic heterocycles. The summed E-state index contributed by atoms with van der Waals surface area (Å²) < 4.78 is 38.7. The van der Waals surface area contributed by atoms with E-state index in [4.69, 9.17) is 9.47 Å². The van der Waals surface area contributed by atoms with Crippen LogP contribution in [0.4, 0.5) is 0 Å². The van der Waals surface area contributed by atoms with Crippen LogP contribution >= 0.6 is 0 Å². The van der Waals surface area contributed by atoms with Crippen molar-refractivity contribution in [3.63, 3.8) is 0 Å². The summed E-state index contributed by atoms with van der Waals surface area (Å²) in [6.07, 6.45) is 0. The quantitative estimate of drug-likeness (QED) is 0.482. The molecule has 31 heavy (non-hydrogen) atoms. The third kappa shape index (κ3) is 6.49. The zero-order valence-corrected chi connectivity index (χ0v) is 18.1. The van der Waals surface area contributed by atoms with Crippen molar-refractivity contribution in [3.8, 4) is 0 Å². The minimum atomic E-state index is -3.74. The van der Waals surface area contributed by atoms with E-state index < -0.39 is 16.0 Å². The Labute approximate surface area is 182 Å². The van der Waals surface area contributed by atoms with Crippen LogP contribution in [0.15, 0.2) is 83.8 Å². The number of hydrogen-bond acceptors (Lipinski definition) is 5. The van der Waals surface area contributed by atoms with E-state index in [1.807, 2.05) is 54.6 Å². The monoisotopic (exact) mass is 439 g/mol. The van der Waals surface area contributed by atoms with Gasteiger partial charge in [-0.15, -0.1) is 0 Å². The van der Waals surface area contributed by atoms with Gasteiger partial charge in [0.05, 0.1) is 30.3 Å². The lowest BCUT2D eigenvalue weighted by Crippen LogP contribution is -2.24. The zero-order chi connectivity index (χ0) is 22.1. The first-order valence-corrected chi connectivity index (χ1v) is 11.4. The van der Waals surface area contributed by atoms with E-state index >= 15 is 0 Å². The molecule has 0 radical (unpaired) electrons. The summed E-state index contributed by atoms with van der Waals surface area (Å²) in [6.45, 7) is 2.96. The van der Waals surface area contributed by atoms with Crippen LogP contribution in [0, 0.1) is 0 Å². The number of nitrogens with one attached hydrogen (secondary N) is 1. The topological polar surface area (TPSA) is 81.7 Å². The highest BCUT2D eigenvalue weighted by molar-refractivity contribution is 7.89. The highest BCUT2D eigenvalue weighted by Crippen LogP contribution is 2.15. The molecule has 0 spiro atoms.